The maximum atomic E-state index is 10.5. The van der Waals surface area contributed by atoms with E-state index in [1.54, 1.807) is 6.21 Å². The summed E-state index contributed by atoms with van der Waals surface area (Å²) >= 11 is 0. The Morgan fingerprint density at radius 1 is 1.26 bits per heavy atom. The summed E-state index contributed by atoms with van der Waals surface area (Å²) in [7, 11) is 0. The maximum Gasteiger partial charge on any atom is 0.332 e. The first-order chi connectivity index (χ1) is 9.17. The third-order valence-corrected chi connectivity index (χ3v) is 2.63. The van der Waals surface area contributed by atoms with Gasteiger partial charge in [0.2, 0.25) is 0 Å². The highest BCUT2D eigenvalue weighted by atomic mass is 16.2. The SMILES string of the molecule is CCCN(CCC)c1ccc(/C=N\NC(N)=O)cc1. The summed E-state index contributed by atoms with van der Waals surface area (Å²) in [5.74, 6) is 0. The number of hydrazone groups is 1. The summed E-state index contributed by atoms with van der Waals surface area (Å²) in [6.45, 7) is 6.48. The van der Waals surface area contributed by atoms with Crippen LogP contribution in [0.2, 0.25) is 0 Å². The molecule has 3 N–H and O–H groups in total. The Balaban J connectivity index is 2.68. The maximum absolute atomic E-state index is 10.5. The molecule has 0 saturated heterocycles. The molecule has 1 rings (SSSR count). The van der Waals surface area contributed by atoms with Gasteiger partial charge in [0.1, 0.15) is 0 Å². The van der Waals surface area contributed by atoms with Crippen molar-refractivity contribution < 1.29 is 4.79 Å². The Morgan fingerprint density at radius 3 is 2.32 bits per heavy atom. The van der Waals surface area contributed by atoms with Gasteiger partial charge in [-0.3, -0.25) is 0 Å². The number of hydrogen-bond donors (Lipinski definition) is 2. The van der Waals surface area contributed by atoms with Crippen molar-refractivity contribution in [1.82, 2.24) is 5.43 Å². The van der Waals surface area contributed by atoms with Gasteiger partial charge in [-0.25, -0.2) is 10.2 Å². The number of carbonyl (C=O) groups is 1. The largest absolute Gasteiger partial charge is 0.372 e. The molecule has 0 saturated carbocycles. The molecule has 5 heteroatoms. The first-order valence-corrected chi connectivity index (χ1v) is 6.60. The van der Waals surface area contributed by atoms with E-state index in [1.165, 1.54) is 5.69 Å². The molecule has 1 aromatic rings. The monoisotopic (exact) mass is 262 g/mol. The third kappa shape index (κ3) is 5.42. The van der Waals surface area contributed by atoms with Crippen LogP contribution in [0.4, 0.5) is 10.5 Å². The van der Waals surface area contributed by atoms with E-state index < -0.39 is 6.03 Å². The number of nitrogens with one attached hydrogen (secondary N) is 1. The zero-order valence-electron chi connectivity index (χ0n) is 11.6. The highest BCUT2D eigenvalue weighted by molar-refractivity contribution is 5.82. The normalized spacial score (nSPS) is 10.6. The Labute approximate surface area is 114 Å². The lowest BCUT2D eigenvalue weighted by molar-refractivity contribution is 0.249. The van der Waals surface area contributed by atoms with Gasteiger partial charge < -0.3 is 10.6 Å². The minimum atomic E-state index is -0.662. The minimum absolute atomic E-state index is 0.662. The predicted molar refractivity (Wildman–Crippen MR) is 79.6 cm³/mol. The Morgan fingerprint density at radius 2 is 1.84 bits per heavy atom. The van der Waals surface area contributed by atoms with Crippen molar-refractivity contribution in [2.45, 2.75) is 26.7 Å². The highest BCUT2D eigenvalue weighted by Gasteiger charge is 2.03. The van der Waals surface area contributed by atoms with Crippen LogP contribution in [-0.4, -0.2) is 25.3 Å². The van der Waals surface area contributed by atoms with Crippen molar-refractivity contribution in [2.24, 2.45) is 10.8 Å². The molecule has 1 aromatic carbocycles. The summed E-state index contributed by atoms with van der Waals surface area (Å²) in [5.41, 5.74) is 9.22. The first kappa shape index (κ1) is 15.0. The second-order valence-corrected chi connectivity index (χ2v) is 4.31. The number of benzene rings is 1. The molecule has 0 aliphatic rings. The molecule has 2 amide bonds. The van der Waals surface area contributed by atoms with Crippen LogP contribution in [0, 0.1) is 0 Å². The van der Waals surface area contributed by atoms with Crippen LogP contribution in [0.15, 0.2) is 29.4 Å². The fraction of sp³-hybridized carbons (Fsp3) is 0.429. The van der Waals surface area contributed by atoms with Gasteiger partial charge in [-0.2, -0.15) is 5.10 Å². The molecule has 0 bridgehead atoms. The van der Waals surface area contributed by atoms with E-state index in [1.807, 2.05) is 12.1 Å². The van der Waals surface area contributed by atoms with Gasteiger partial charge in [0.15, 0.2) is 0 Å². The molecule has 0 heterocycles. The second kappa shape index (κ2) is 8.13. The average Bonchev–Trinajstić information content (AvgIpc) is 2.39. The van der Waals surface area contributed by atoms with Gasteiger partial charge in [-0.1, -0.05) is 26.0 Å². The number of urea groups is 1. The molecule has 104 valence electrons. The average molecular weight is 262 g/mol. The third-order valence-electron chi connectivity index (χ3n) is 2.63. The van der Waals surface area contributed by atoms with E-state index in [0.29, 0.717) is 0 Å². The fourth-order valence-electron chi connectivity index (χ4n) is 1.85. The number of primary amides is 1. The molecule has 0 atom stereocenters. The van der Waals surface area contributed by atoms with Crippen LogP contribution in [-0.2, 0) is 0 Å². The molecule has 0 aromatic heterocycles. The van der Waals surface area contributed by atoms with Crippen LogP contribution < -0.4 is 16.1 Å². The molecular weight excluding hydrogens is 240 g/mol. The number of amides is 2. The Kier molecular flexibility index (Phi) is 6.43. The molecule has 0 spiro atoms. The molecule has 0 aliphatic heterocycles. The number of nitrogens with zero attached hydrogens (tertiary/aromatic N) is 2. The number of nitrogens with two attached hydrogens (primary N) is 1. The Hall–Kier alpha value is -2.04. The number of hydrogen-bond acceptors (Lipinski definition) is 3. The zero-order valence-corrected chi connectivity index (χ0v) is 11.6. The van der Waals surface area contributed by atoms with Crippen molar-refractivity contribution in [3.63, 3.8) is 0 Å². The molecule has 0 radical (unpaired) electrons. The van der Waals surface area contributed by atoms with E-state index in [-0.39, 0.29) is 0 Å². The van der Waals surface area contributed by atoms with E-state index in [0.717, 1.165) is 31.5 Å². The molecule has 0 unspecified atom stereocenters. The minimum Gasteiger partial charge on any atom is -0.372 e. The first-order valence-electron chi connectivity index (χ1n) is 6.60. The van der Waals surface area contributed by atoms with E-state index >= 15 is 0 Å². The lowest BCUT2D eigenvalue weighted by Crippen LogP contribution is -2.25. The molecule has 5 nitrogen and oxygen atoms in total. The van der Waals surface area contributed by atoms with Crippen molar-refractivity contribution in [3.8, 4) is 0 Å². The summed E-state index contributed by atoms with van der Waals surface area (Å²) in [4.78, 5) is 12.8. The van der Waals surface area contributed by atoms with Gasteiger partial charge >= 0.3 is 6.03 Å². The van der Waals surface area contributed by atoms with Gasteiger partial charge in [0.05, 0.1) is 6.21 Å². The molecule has 19 heavy (non-hydrogen) atoms. The van der Waals surface area contributed by atoms with Crippen LogP contribution in [0.5, 0.6) is 0 Å². The topological polar surface area (TPSA) is 70.7 Å². The van der Waals surface area contributed by atoms with Crippen molar-refractivity contribution in [2.75, 3.05) is 18.0 Å². The number of rotatable bonds is 7. The predicted octanol–water partition coefficient (Wildman–Crippen LogP) is 2.32. The summed E-state index contributed by atoms with van der Waals surface area (Å²) < 4.78 is 0. The lowest BCUT2D eigenvalue weighted by atomic mass is 10.2. The van der Waals surface area contributed by atoms with Gasteiger partial charge in [-0.15, -0.1) is 0 Å². The van der Waals surface area contributed by atoms with E-state index in [9.17, 15) is 4.79 Å². The zero-order chi connectivity index (χ0) is 14.1. The number of anilines is 1. The van der Waals surface area contributed by atoms with Crippen LogP contribution >= 0.6 is 0 Å². The summed E-state index contributed by atoms with van der Waals surface area (Å²) in [6, 6.07) is 7.41. The van der Waals surface area contributed by atoms with Crippen LogP contribution in [0.1, 0.15) is 32.3 Å². The Bertz CT molecular complexity index is 408. The van der Waals surface area contributed by atoms with Gasteiger partial charge in [-0.05, 0) is 30.5 Å². The lowest BCUT2D eigenvalue weighted by Gasteiger charge is -2.23. The van der Waals surface area contributed by atoms with Crippen molar-refractivity contribution in [1.29, 1.82) is 0 Å². The van der Waals surface area contributed by atoms with Crippen LogP contribution in [0.25, 0.3) is 0 Å². The molecular formula is C14H22N4O. The van der Waals surface area contributed by atoms with Crippen molar-refractivity contribution >= 4 is 17.9 Å². The van der Waals surface area contributed by atoms with E-state index in [2.05, 4.69) is 41.4 Å². The molecule has 0 fully saturated rings. The van der Waals surface area contributed by atoms with Gasteiger partial charge in [0.25, 0.3) is 0 Å². The quantitative estimate of drug-likeness (QED) is 0.584. The van der Waals surface area contributed by atoms with Crippen molar-refractivity contribution in [3.05, 3.63) is 29.8 Å². The van der Waals surface area contributed by atoms with E-state index in [4.69, 9.17) is 5.73 Å². The smallest absolute Gasteiger partial charge is 0.332 e. The number of carbonyl (C=O) groups excluding carboxylic acids is 1. The second-order valence-electron chi connectivity index (χ2n) is 4.31. The van der Waals surface area contributed by atoms with Crippen LogP contribution in [0.3, 0.4) is 0 Å². The highest BCUT2D eigenvalue weighted by Crippen LogP contribution is 2.15. The fourth-order valence-corrected chi connectivity index (χ4v) is 1.85. The van der Waals surface area contributed by atoms with Gasteiger partial charge in [0, 0.05) is 18.8 Å². The molecule has 0 aliphatic carbocycles. The standard InChI is InChI=1S/C14H22N4O/c1-3-9-18(10-4-2)13-7-5-12(6-8-13)11-16-17-14(15)19/h5-8,11H,3-4,9-10H2,1-2H3,(H3,15,17,19)/b16-11-. The summed E-state index contributed by atoms with van der Waals surface area (Å²) in [6.07, 6.45) is 3.83. The summed E-state index contributed by atoms with van der Waals surface area (Å²) in [5, 5.41) is 3.73.